The van der Waals surface area contributed by atoms with Crippen molar-refractivity contribution in [3.05, 3.63) is 89.0 Å². The highest BCUT2D eigenvalue weighted by molar-refractivity contribution is 6.22. The summed E-state index contributed by atoms with van der Waals surface area (Å²) in [7, 11) is 0. The van der Waals surface area contributed by atoms with E-state index in [0.29, 0.717) is 16.7 Å². The summed E-state index contributed by atoms with van der Waals surface area (Å²) in [4.78, 5) is 25.2. The first-order valence-corrected chi connectivity index (χ1v) is 8.42. The molecule has 0 aliphatic heterocycles. The first-order chi connectivity index (χ1) is 12.5. The Labute approximate surface area is 151 Å². The summed E-state index contributed by atoms with van der Waals surface area (Å²) in [6.07, 6.45) is 0. The molecule has 2 N–H and O–H groups in total. The number of carbonyl (C=O) groups excluding carboxylic acids is 2. The van der Waals surface area contributed by atoms with Crippen LogP contribution in [0.3, 0.4) is 0 Å². The lowest BCUT2D eigenvalue weighted by Crippen LogP contribution is -2.26. The Hall–Kier alpha value is -3.40. The molecule has 0 radical (unpaired) electrons. The van der Waals surface area contributed by atoms with Crippen molar-refractivity contribution in [2.75, 3.05) is 0 Å². The summed E-state index contributed by atoms with van der Waals surface area (Å²) < 4.78 is 0. The highest BCUT2D eigenvalue weighted by Gasteiger charge is 2.27. The minimum atomic E-state index is -0.268. The predicted molar refractivity (Wildman–Crippen MR) is 99.3 cm³/mol. The third-order valence-corrected chi connectivity index (χ3v) is 4.71. The summed E-state index contributed by atoms with van der Waals surface area (Å²) in [6, 6.07) is 19.2. The van der Waals surface area contributed by atoms with Crippen LogP contribution in [-0.2, 0) is 0 Å². The normalized spacial score (nSPS) is 13.0. The number of nitrogens with one attached hydrogen (secondary N) is 1. The van der Waals surface area contributed by atoms with Crippen molar-refractivity contribution in [1.29, 1.82) is 0 Å². The van der Waals surface area contributed by atoms with Crippen molar-refractivity contribution in [2.45, 2.75) is 13.0 Å². The van der Waals surface area contributed by atoms with Gasteiger partial charge < -0.3 is 10.4 Å². The molecular formula is C22H17NO3. The molecule has 1 amide bonds. The van der Waals surface area contributed by atoms with E-state index in [0.717, 1.165) is 16.7 Å². The second kappa shape index (κ2) is 6.15. The van der Waals surface area contributed by atoms with Gasteiger partial charge in [0.1, 0.15) is 5.75 Å². The Morgan fingerprint density at radius 1 is 0.885 bits per heavy atom. The molecule has 1 unspecified atom stereocenters. The second-order valence-electron chi connectivity index (χ2n) is 6.43. The van der Waals surface area contributed by atoms with E-state index in [1.54, 1.807) is 36.4 Å². The van der Waals surface area contributed by atoms with Crippen molar-refractivity contribution < 1.29 is 14.7 Å². The average Bonchev–Trinajstić information content (AvgIpc) is 2.94. The van der Waals surface area contributed by atoms with Crippen LogP contribution in [0.4, 0.5) is 0 Å². The molecule has 26 heavy (non-hydrogen) atoms. The van der Waals surface area contributed by atoms with Crippen molar-refractivity contribution in [2.24, 2.45) is 0 Å². The van der Waals surface area contributed by atoms with Crippen LogP contribution in [-0.4, -0.2) is 16.8 Å². The maximum atomic E-state index is 12.6. The van der Waals surface area contributed by atoms with E-state index in [1.807, 2.05) is 37.3 Å². The molecule has 1 aliphatic carbocycles. The molecule has 0 aromatic heterocycles. The molecule has 4 nitrogen and oxygen atoms in total. The highest BCUT2D eigenvalue weighted by atomic mass is 16.3. The third-order valence-electron chi connectivity index (χ3n) is 4.71. The predicted octanol–water partition coefficient (Wildman–Crippen LogP) is 4.09. The van der Waals surface area contributed by atoms with Gasteiger partial charge in [-0.2, -0.15) is 0 Å². The first-order valence-electron chi connectivity index (χ1n) is 8.42. The van der Waals surface area contributed by atoms with Crippen LogP contribution in [0.5, 0.6) is 5.75 Å². The molecule has 0 fully saturated rings. The largest absolute Gasteiger partial charge is 0.508 e. The van der Waals surface area contributed by atoms with Crippen molar-refractivity contribution >= 4 is 11.7 Å². The number of fused-ring (bicyclic) bond motifs is 3. The number of phenolic OH excluding ortho intramolecular Hbond substituents is 1. The third kappa shape index (κ3) is 2.65. The Kier molecular flexibility index (Phi) is 3.81. The molecule has 4 heteroatoms. The van der Waals surface area contributed by atoms with Crippen LogP contribution in [0.2, 0.25) is 0 Å². The van der Waals surface area contributed by atoms with Crippen molar-refractivity contribution in [3.63, 3.8) is 0 Å². The van der Waals surface area contributed by atoms with E-state index in [-0.39, 0.29) is 23.5 Å². The number of rotatable bonds is 3. The SMILES string of the molecule is CC(NC(=O)c1ccc2c(c1)C(=O)c1ccccc1-2)c1cccc(O)c1. The van der Waals surface area contributed by atoms with E-state index < -0.39 is 0 Å². The maximum absolute atomic E-state index is 12.6. The van der Waals surface area contributed by atoms with Crippen LogP contribution in [0.25, 0.3) is 11.1 Å². The van der Waals surface area contributed by atoms with Gasteiger partial charge in [-0.05, 0) is 47.9 Å². The zero-order chi connectivity index (χ0) is 18.3. The number of amides is 1. The van der Waals surface area contributed by atoms with Gasteiger partial charge in [0, 0.05) is 16.7 Å². The van der Waals surface area contributed by atoms with Gasteiger partial charge in [-0.25, -0.2) is 0 Å². The standard InChI is InChI=1S/C22H17NO3/c1-13(14-5-4-6-16(24)11-14)23-22(26)15-9-10-18-17-7-2-3-8-19(17)21(25)20(18)12-15/h2-13,24H,1H3,(H,23,26). The molecule has 3 aromatic carbocycles. The molecule has 1 aliphatic rings. The minimum absolute atomic E-state index is 0.0497. The molecule has 0 spiro atoms. The number of aromatic hydroxyl groups is 1. The number of ketones is 1. The Morgan fingerprint density at radius 3 is 2.38 bits per heavy atom. The topological polar surface area (TPSA) is 66.4 Å². The molecule has 0 heterocycles. The van der Waals surface area contributed by atoms with Crippen LogP contribution in [0.1, 0.15) is 44.8 Å². The fourth-order valence-electron chi connectivity index (χ4n) is 3.33. The summed E-state index contributed by atoms with van der Waals surface area (Å²) in [5.41, 5.74) is 4.26. The molecular weight excluding hydrogens is 326 g/mol. The fraction of sp³-hybridized carbons (Fsp3) is 0.0909. The van der Waals surface area contributed by atoms with Gasteiger partial charge in [-0.3, -0.25) is 9.59 Å². The zero-order valence-corrected chi connectivity index (χ0v) is 14.2. The number of hydrogen-bond acceptors (Lipinski definition) is 3. The van der Waals surface area contributed by atoms with E-state index in [1.165, 1.54) is 0 Å². The van der Waals surface area contributed by atoms with E-state index in [4.69, 9.17) is 0 Å². The highest BCUT2D eigenvalue weighted by Crippen LogP contribution is 2.36. The van der Waals surface area contributed by atoms with Crippen LogP contribution >= 0.6 is 0 Å². The smallest absolute Gasteiger partial charge is 0.251 e. The number of carbonyl (C=O) groups is 2. The van der Waals surface area contributed by atoms with Gasteiger partial charge in [-0.1, -0.05) is 42.5 Å². The minimum Gasteiger partial charge on any atom is -0.508 e. The summed E-state index contributed by atoms with van der Waals surface area (Å²) in [5.74, 6) is -0.150. The number of benzene rings is 3. The second-order valence-corrected chi connectivity index (χ2v) is 6.43. The van der Waals surface area contributed by atoms with Crippen LogP contribution in [0.15, 0.2) is 66.7 Å². The molecule has 128 valence electrons. The van der Waals surface area contributed by atoms with E-state index in [2.05, 4.69) is 5.32 Å². The monoisotopic (exact) mass is 343 g/mol. The van der Waals surface area contributed by atoms with Gasteiger partial charge in [-0.15, -0.1) is 0 Å². The number of phenols is 1. The quantitative estimate of drug-likeness (QED) is 0.589. The maximum Gasteiger partial charge on any atom is 0.251 e. The fourth-order valence-corrected chi connectivity index (χ4v) is 3.33. The Morgan fingerprint density at radius 2 is 1.62 bits per heavy atom. The summed E-state index contributed by atoms with van der Waals surface area (Å²) >= 11 is 0. The molecule has 3 aromatic rings. The van der Waals surface area contributed by atoms with E-state index >= 15 is 0 Å². The number of hydrogen-bond donors (Lipinski definition) is 2. The zero-order valence-electron chi connectivity index (χ0n) is 14.2. The molecule has 0 saturated heterocycles. The summed E-state index contributed by atoms with van der Waals surface area (Å²) in [6.45, 7) is 1.85. The van der Waals surface area contributed by atoms with Gasteiger partial charge in [0.15, 0.2) is 5.78 Å². The molecule has 4 rings (SSSR count). The van der Waals surface area contributed by atoms with Crippen molar-refractivity contribution in [3.8, 4) is 16.9 Å². The lowest BCUT2D eigenvalue weighted by atomic mass is 10.0. The molecule has 0 saturated carbocycles. The Bertz CT molecular complexity index is 1040. The molecule has 1 atom stereocenters. The van der Waals surface area contributed by atoms with E-state index in [9.17, 15) is 14.7 Å². The van der Waals surface area contributed by atoms with Gasteiger partial charge in [0.2, 0.25) is 0 Å². The Balaban J connectivity index is 1.60. The lowest BCUT2D eigenvalue weighted by molar-refractivity contribution is 0.0940. The van der Waals surface area contributed by atoms with Gasteiger partial charge >= 0.3 is 0 Å². The van der Waals surface area contributed by atoms with Crippen LogP contribution < -0.4 is 5.32 Å². The summed E-state index contributed by atoms with van der Waals surface area (Å²) in [5, 5.41) is 12.5. The van der Waals surface area contributed by atoms with Crippen LogP contribution in [0, 0.1) is 0 Å². The first kappa shape index (κ1) is 16.1. The van der Waals surface area contributed by atoms with Crippen molar-refractivity contribution in [1.82, 2.24) is 5.32 Å². The van der Waals surface area contributed by atoms with Gasteiger partial charge in [0.05, 0.1) is 6.04 Å². The van der Waals surface area contributed by atoms with Gasteiger partial charge in [0.25, 0.3) is 5.91 Å². The average molecular weight is 343 g/mol. The molecule has 0 bridgehead atoms. The lowest BCUT2D eigenvalue weighted by Gasteiger charge is -2.15.